The molecule has 0 radical (unpaired) electrons. The summed E-state index contributed by atoms with van der Waals surface area (Å²) >= 11 is 0. The van der Waals surface area contributed by atoms with Crippen LogP contribution in [0.2, 0.25) is 0 Å². The number of nitrogens with zero attached hydrogens (tertiary/aromatic N) is 2. The molecule has 0 aromatic heterocycles. The molecule has 0 spiro atoms. The van der Waals surface area contributed by atoms with Gasteiger partial charge in [-0.3, -0.25) is 14.5 Å². The Hall–Kier alpha value is -3.55. The lowest BCUT2D eigenvalue weighted by Gasteiger charge is -2.27. The summed E-state index contributed by atoms with van der Waals surface area (Å²) < 4.78 is 11.5. The van der Waals surface area contributed by atoms with Gasteiger partial charge in [0.25, 0.3) is 5.91 Å². The molecule has 2 atom stereocenters. The van der Waals surface area contributed by atoms with Crippen LogP contribution in [0.15, 0.2) is 48.5 Å². The second kappa shape index (κ2) is 8.42. The van der Waals surface area contributed by atoms with Crippen LogP contribution in [0.5, 0.6) is 11.5 Å². The number of imide groups is 1. The first kappa shape index (κ1) is 21.3. The molecule has 2 saturated heterocycles. The molecule has 5 rings (SSSR count). The van der Waals surface area contributed by atoms with Crippen LogP contribution in [-0.4, -0.2) is 53.9 Å². The van der Waals surface area contributed by atoms with Gasteiger partial charge in [-0.05, 0) is 43.0 Å². The number of amides is 4. The number of likely N-dealkylation sites (tertiary alicyclic amines) is 1. The summed E-state index contributed by atoms with van der Waals surface area (Å²) in [4.78, 5) is 41.9. The topological polar surface area (TPSA) is 88.2 Å². The fraction of sp³-hybridized carbons (Fsp3) is 0.400. The maximum Gasteiger partial charge on any atom is 0.325 e. The van der Waals surface area contributed by atoms with E-state index in [9.17, 15) is 14.4 Å². The van der Waals surface area contributed by atoms with Gasteiger partial charge >= 0.3 is 6.03 Å². The second-order valence-electron chi connectivity index (χ2n) is 8.81. The number of ether oxygens (including phenoxy) is 2. The summed E-state index contributed by atoms with van der Waals surface area (Å²) in [7, 11) is 0. The summed E-state index contributed by atoms with van der Waals surface area (Å²) in [6, 6.07) is 14.2. The van der Waals surface area contributed by atoms with Gasteiger partial charge in [0.2, 0.25) is 5.91 Å². The van der Waals surface area contributed by atoms with Crippen molar-refractivity contribution in [2.24, 2.45) is 0 Å². The van der Waals surface area contributed by atoms with Crippen LogP contribution in [0.4, 0.5) is 4.79 Å². The first-order valence-corrected chi connectivity index (χ1v) is 11.4. The molecule has 2 aromatic carbocycles. The molecular weight excluding hydrogens is 422 g/mol. The van der Waals surface area contributed by atoms with Crippen molar-refractivity contribution in [3.05, 3.63) is 59.7 Å². The lowest BCUT2D eigenvalue weighted by molar-refractivity contribution is -0.139. The van der Waals surface area contributed by atoms with Crippen molar-refractivity contribution in [1.82, 2.24) is 15.1 Å². The molecule has 4 amide bonds. The van der Waals surface area contributed by atoms with Crippen LogP contribution in [0.3, 0.4) is 0 Å². The molecule has 0 saturated carbocycles. The van der Waals surface area contributed by atoms with Crippen molar-refractivity contribution in [3.8, 4) is 11.5 Å². The molecule has 0 bridgehead atoms. The zero-order valence-corrected chi connectivity index (χ0v) is 18.6. The molecule has 2 fully saturated rings. The molecule has 172 valence electrons. The fourth-order valence-electron chi connectivity index (χ4n) is 4.83. The van der Waals surface area contributed by atoms with E-state index in [0.717, 1.165) is 29.7 Å². The summed E-state index contributed by atoms with van der Waals surface area (Å²) in [5.74, 6) is 0.743. The molecule has 3 aliphatic heterocycles. The summed E-state index contributed by atoms with van der Waals surface area (Å²) in [5, 5.41) is 2.76. The maximum atomic E-state index is 13.3. The van der Waals surface area contributed by atoms with E-state index in [1.165, 1.54) is 0 Å². The maximum absolute atomic E-state index is 13.3. The number of rotatable bonds is 4. The molecular formula is C25H27N3O5. The number of urea groups is 1. The van der Waals surface area contributed by atoms with Crippen LogP contribution >= 0.6 is 0 Å². The lowest BCUT2D eigenvalue weighted by Crippen LogP contribution is -2.44. The smallest absolute Gasteiger partial charge is 0.325 e. The minimum atomic E-state index is -1.18. The van der Waals surface area contributed by atoms with Crippen LogP contribution in [0.1, 0.15) is 43.4 Å². The van der Waals surface area contributed by atoms with E-state index in [-0.39, 0.29) is 18.5 Å². The molecule has 0 aliphatic carbocycles. The van der Waals surface area contributed by atoms with Gasteiger partial charge in [0.15, 0.2) is 11.5 Å². The number of carbonyl (C=O) groups is 3. The van der Waals surface area contributed by atoms with Gasteiger partial charge in [-0.2, -0.15) is 0 Å². The third kappa shape index (κ3) is 3.79. The van der Waals surface area contributed by atoms with Crippen LogP contribution < -0.4 is 14.8 Å². The van der Waals surface area contributed by atoms with Crippen molar-refractivity contribution in [2.45, 2.75) is 37.8 Å². The van der Waals surface area contributed by atoms with Gasteiger partial charge < -0.3 is 19.7 Å². The molecule has 2 aromatic rings. The number of nitrogens with one attached hydrogen (secondary N) is 1. The Morgan fingerprint density at radius 3 is 2.61 bits per heavy atom. The summed E-state index contributed by atoms with van der Waals surface area (Å²) in [5.41, 5.74) is 0.471. The van der Waals surface area contributed by atoms with Crippen molar-refractivity contribution < 1.29 is 23.9 Å². The second-order valence-corrected chi connectivity index (χ2v) is 8.81. The van der Waals surface area contributed by atoms with E-state index < -0.39 is 17.5 Å². The van der Waals surface area contributed by atoms with Gasteiger partial charge in [0, 0.05) is 13.0 Å². The number of fused-ring (bicyclic) bond motifs is 1. The van der Waals surface area contributed by atoms with E-state index >= 15 is 0 Å². The Morgan fingerprint density at radius 2 is 1.82 bits per heavy atom. The number of hydrogen-bond acceptors (Lipinski definition) is 5. The standard InChI is InChI=1S/C25H27N3O5/c1-25(18-7-3-2-4-8-18)23(30)28(24(31)26-25)16-22(29)27-12-5-9-19(27)17-10-11-20-21(15-17)33-14-6-13-32-20/h2-4,7-8,10-11,15,19H,5-6,9,12-14,16H2,1H3,(H,26,31)/t19-,25-/m1/s1. The minimum Gasteiger partial charge on any atom is -0.490 e. The summed E-state index contributed by atoms with van der Waals surface area (Å²) in [6.07, 6.45) is 2.49. The predicted octanol–water partition coefficient (Wildman–Crippen LogP) is 2.98. The number of benzene rings is 2. The van der Waals surface area contributed by atoms with E-state index in [0.29, 0.717) is 36.8 Å². The Morgan fingerprint density at radius 1 is 1.06 bits per heavy atom. The normalized spacial score (nSPS) is 24.6. The quantitative estimate of drug-likeness (QED) is 0.725. The van der Waals surface area contributed by atoms with Gasteiger partial charge in [-0.1, -0.05) is 36.4 Å². The molecule has 8 nitrogen and oxygen atoms in total. The first-order valence-electron chi connectivity index (χ1n) is 11.4. The average Bonchev–Trinajstić information content (AvgIpc) is 3.30. The van der Waals surface area contributed by atoms with Gasteiger partial charge in [0.05, 0.1) is 19.3 Å². The zero-order chi connectivity index (χ0) is 23.0. The highest BCUT2D eigenvalue weighted by Gasteiger charge is 2.50. The third-order valence-electron chi connectivity index (χ3n) is 6.65. The fourth-order valence-corrected chi connectivity index (χ4v) is 4.83. The Kier molecular flexibility index (Phi) is 5.44. The Balaban J connectivity index is 1.33. The van der Waals surface area contributed by atoms with Crippen molar-refractivity contribution >= 4 is 17.8 Å². The van der Waals surface area contributed by atoms with Gasteiger partial charge in [0.1, 0.15) is 12.1 Å². The highest BCUT2D eigenvalue weighted by Crippen LogP contribution is 2.38. The van der Waals surface area contributed by atoms with E-state index in [2.05, 4.69) is 5.32 Å². The number of hydrogen-bond donors (Lipinski definition) is 1. The molecule has 33 heavy (non-hydrogen) atoms. The van der Waals surface area contributed by atoms with Gasteiger partial charge in [-0.15, -0.1) is 0 Å². The Bertz CT molecular complexity index is 1090. The van der Waals surface area contributed by atoms with Crippen molar-refractivity contribution in [1.29, 1.82) is 0 Å². The van der Waals surface area contributed by atoms with E-state index in [1.807, 2.05) is 36.4 Å². The third-order valence-corrected chi connectivity index (χ3v) is 6.65. The van der Waals surface area contributed by atoms with Crippen LogP contribution in [0, 0.1) is 0 Å². The SMILES string of the molecule is C[C@]1(c2ccccc2)NC(=O)N(CC(=O)N2CCC[C@@H]2c2ccc3c(c2)OCCCO3)C1=O. The van der Waals surface area contributed by atoms with E-state index in [4.69, 9.17) is 9.47 Å². The zero-order valence-electron chi connectivity index (χ0n) is 18.6. The molecule has 8 heteroatoms. The number of carbonyl (C=O) groups excluding carboxylic acids is 3. The predicted molar refractivity (Wildman–Crippen MR) is 120 cm³/mol. The molecule has 1 N–H and O–H groups in total. The van der Waals surface area contributed by atoms with Crippen LogP contribution in [0.25, 0.3) is 0 Å². The monoisotopic (exact) mass is 449 g/mol. The molecule has 3 aliphatic rings. The van der Waals surface area contributed by atoms with Crippen molar-refractivity contribution in [2.75, 3.05) is 26.3 Å². The summed E-state index contributed by atoms with van der Waals surface area (Å²) in [6.45, 7) is 3.18. The molecule has 3 heterocycles. The highest BCUT2D eigenvalue weighted by molar-refractivity contribution is 6.09. The average molecular weight is 450 g/mol. The largest absolute Gasteiger partial charge is 0.490 e. The van der Waals surface area contributed by atoms with E-state index in [1.54, 1.807) is 24.0 Å². The Labute approximate surface area is 192 Å². The first-order chi connectivity index (χ1) is 16.0. The highest BCUT2D eigenvalue weighted by atomic mass is 16.5. The van der Waals surface area contributed by atoms with Gasteiger partial charge in [-0.25, -0.2) is 4.79 Å². The minimum absolute atomic E-state index is 0.129. The molecule has 0 unspecified atom stereocenters. The van der Waals surface area contributed by atoms with Crippen molar-refractivity contribution in [3.63, 3.8) is 0 Å². The van der Waals surface area contributed by atoms with Crippen LogP contribution in [-0.2, 0) is 15.1 Å². The lowest BCUT2D eigenvalue weighted by atomic mass is 9.92.